The van der Waals surface area contributed by atoms with E-state index < -0.39 is 10.1 Å². The van der Waals surface area contributed by atoms with E-state index in [9.17, 15) is 8.42 Å². The van der Waals surface area contributed by atoms with Gasteiger partial charge in [0.2, 0.25) is 0 Å². The first-order valence-electron chi connectivity index (χ1n) is 4.96. The number of benzene rings is 1. The molecule has 2 rings (SSSR count). The summed E-state index contributed by atoms with van der Waals surface area (Å²) < 4.78 is 30.9. The lowest BCUT2D eigenvalue weighted by Crippen LogP contribution is -1.97. The summed E-state index contributed by atoms with van der Waals surface area (Å²) in [6.45, 7) is 0. The number of thioether (sulfide) groups is 1. The molecule has 1 aromatic heterocycles. The SMILES string of the molecule is CSCCc1nc2ccc(S(=O)(=O)O)cc2[nH]1. The van der Waals surface area contributed by atoms with Gasteiger partial charge in [-0.05, 0) is 24.5 Å². The summed E-state index contributed by atoms with van der Waals surface area (Å²) in [7, 11) is -4.15. The molecule has 0 bridgehead atoms. The third-order valence-electron chi connectivity index (χ3n) is 2.34. The van der Waals surface area contributed by atoms with Crippen molar-refractivity contribution in [2.45, 2.75) is 11.3 Å². The summed E-state index contributed by atoms with van der Waals surface area (Å²) in [6.07, 6.45) is 2.82. The van der Waals surface area contributed by atoms with Crippen LogP contribution in [0.3, 0.4) is 0 Å². The first-order chi connectivity index (χ1) is 8.00. The van der Waals surface area contributed by atoms with E-state index in [1.54, 1.807) is 17.8 Å². The molecule has 0 atom stereocenters. The van der Waals surface area contributed by atoms with E-state index in [0.29, 0.717) is 11.0 Å². The van der Waals surface area contributed by atoms with E-state index >= 15 is 0 Å². The van der Waals surface area contributed by atoms with Crippen LogP contribution in [0, 0.1) is 0 Å². The minimum Gasteiger partial charge on any atom is -0.342 e. The molecule has 0 fully saturated rings. The van der Waals surface area contributed by atoms with Crippen LogP contribution in [-0.4, -0.2) is 34.9 Å². The molecule has 0 radical (unpaired) electrons. The molecule has 0 spiro atoms. The average molecular weight is 272 g/mol. The predicted octanol–water partition coefficient (Wildman–Crippen LogP) is 1.72. The molecule has 1 aromatic carbocycles. The minimum absolute atomic E-state index is 0.120. The lowest BCUT2D eigenvalue weighted by molar-refractivity contribution is 0.483. The molecule has 2 aromatic rings. The Morgan fingerprint density at radius 3 is 2.88 bits per heavy atom. The Balaban J connectivity index is 2.41. The van der Waals surface area contributed by atoms with Crippen LogP contribution in [0.2, 0.25) is 0 Å². The maximum atomic E-state index is 11.0. The molecule has 5 nitrogen and oxygen atoms in total. The number of hydrogen-bond donors (Lipinski definition) is 2. The van der Waals surface area contributed by atoms with Crippen LogP contribution in [0.1, 0.15) is 5.82 Å². The van der Waals surface area contributed by atoms with Crippen LogP contribution >= 0.6 is 11.8 Å². The molecule has 0 saturated heterocycles. The number of aryl methyl sites for hydroxylation is 1. The molecule has 0 unspecified atom stereocenters. The topological polar surface area (TPSA) is 83.1 Å². The van der Waals surface area contributed by atoms with Crippen molar-refractivity contribution in [2.24, 2.45) is 0 Å². The summed E-state index contributed by atoms with van der Waals surface area (Å²) in [5.41, 5.74) is 1.32. The molecular formula is C10H12N2O3S2. The lowest BCUT2D eigenvalue weighted by Gasteiger charge is -1.95. The largest absolute Gasteiger partial charge is 0.342 e. The number of nitrogens with zero attached hydrogens (tertiary/aromatic N) is 1. The summed E-state index contributed by atoms with van der Waals surface area (Å²) >= 11 is 1.72. The molecule has 1 heterocycles. The lowest BCUT2D eigenvalue weighted by atomic mass is 10.3. The molecule has 0 amide bonds. The maximum Gasteiger partial charge on any atom is 0.294 e. The zero-order valence-electron chi connectivity index (χ0n) is 9.17. The summed E-state index contributed by atoms with van der Waals surface area (Å²) in [5.74, 6) is 1.77. The van der Waals surface area contributed by atoms with Gasteiger partial charge in [0, 0.05) is 12.2 Å². The molecule has 92 valence electrons. The summed E-state index contributed by atoms with van der Waals surface area (Å²) in [6, 6.07) is 4.31. The highest BCUT2D eigenvalue weighted by Crippen LogP contribution is 2.17. The fraction of sp³-hybridized carbons (Fsp3) is 0.300. The van der Waals surface area contributed by atoms with Crippen LogP contribution in [0.4, 0.5) is 0 Å². The van der Waals surface area contributed by atoms with E-state index in [2.05, 4.69) is 9.97 Å². The standard InChI is InChI=1S/C10H12N2O3S2/c1-16-5-4-10-11-8-3-2-7(17(13,14)15)6-9(8)12-10/h2-3,6H,4-5H2,1H3,(H,11,12)(H,13,14,15). The molecule has 0 aliphatic rings. The Bertz CT molecular complexity index is 634. The number of aromatic nitrogens is 2. The van der Waals surface area contributed by atoms with Gasteiger partial charge < -0.3 is 4.98 Å². The van der Waals surface area contributed by atoms with Gasteiger partial charge in [0.15, 0.2) is 0 Å². The van der Waals surface area contributed by atoms with Crippen molar-refractivity contribution in [3.8, 4) is 0 Å². The van der Waals surface area contributed by atoms with E-state index in [1.165, 1.54) is 12.1 Å². The molecule has 0 aliphatic carbocycles. The first kappa shape index (κ1) is 12.4. The van der Waals surface area contributed by atoms with Crippen molar-refractivity contribution in [1.29, 1.82) is 0 Å². The van der Waals surface area contributed by atoms with Gasteiger partial charge in [-0.15, -0.1) is 0 Å². The Kier molecular flexibility index (Phi) is 3.41. The second kappa shape index (κ2) is 4.67. The highest BCUT2D eigenvalue weighted by Gasteiger charge is 2.11. The maximum absolute atomic E-state index is 11.0. The number of fused-ring (bicyclic) bond motifs is 1. The van der Waals surface area contributed by atoms with Crippen molar-refractivity contribution < 1.29 is 13.0 Å². The van der Waals surface area contributed by atoms with Crippen LogP contribution in [0.5, 0.6) is 0 Å². The molecule has 2 N–H and O–H groups in total. The zero-order chi connectivity index (χ0) is 12.5. The highest BCUT2D eigenvalue weighted by molar-refractivity contribution is 7.98. The van der Waals surface area contributed by atoms with Crippen molar-refractivity contribution >= 4 is 32.9 Å². The fourth-order valence-electron chi connectivity index (χ4n) is 1.52. The van der Waals surface area contributed by atoms with E-state index in [1.807, 2.05) is 6.26 Å². The van der Waals surface area contributed by atoms with Crippen LogP contribution in [0.15, 0.2) is 23.1 Å². The minimum atomic E-state index is -4.15. The van der Waals surface area contributed by atoms with Gasteiger partial charge in [0.05, 0.1) is 15.9 Å². The van der Waals surface area contributed by atoms with Gasteiger partial charge in [-0.2, -0.15) is 20.2 Å². The van der Waals surface area contributed by atoms with E-state index in [-0.39, 0.29) is 4.90 Å². The number of imidazole rings is 1. The van der Waals surface area contributed by atoms with Gasteiger partial charge in [-0.1, -0.05) is 0 Å². The van der Waals surface area contributed by atoms with Crippen molar-refractivity contribution in [2.75, 3.05) is 12.0 Å². The number of H-pyrrole nitrogens is 1. The third-order valence-corrected chi connectivity index (χ3v) is 3.81. The predicted molar refractivity (Wildman–Crippen MR) is 68.0 cm³/mol. The highest BCUT2D eigenvalue weighted by atomic mass is 32.2. The number of nitrogens with one attached hydrogen (secondary N) is 1. The number of hydrogen-bond acceptors (Lipinski definition) is 4. The first-order valence-corrected chi connectivity index (χ1v) is 7.79. The van der Waals surface area contributed by atoms with Crippen LogP contribution < -0.4 is 0 Å². The van der Waals surface area contributed by atoms with Crippen LogP contribution in [0.25, 0.3) is 11.0 Å². The molecular weight excluding hydrogens is 260 g/mol. The second-order valence-corrected chi connectivity index (χ2v) is 5.99. The van der Waals surface area contributed by atoms with E-state index in [0.717, 1.165) is 18.0 Å². The monoisotopic (exact) mass is 272 g/mol. The van der Waals surface area contributed by atoms with Crippen molar-refractivity contribution in [1.82, 2.24) is 9.97 Å². The average Bonchev–Trinajstić information content (AvgIpc) is 2.66. The normalized spacial score (nSPS) is 12.1. The Labute approximate surface area is 103 Å². The van der Waals surface area contributed by atoms with Gasteiger partial charge >= 0.3 is 0 Å². The van der Waals surface area contributed by atoms with Crippen molar-refractivity contribution in [3.05, 3.63) is 24.0 Å². The number of aromatic amines is 1. The van der Waals surface area contributed by atoms with Gasteiger partial charge in [0.25, 0.3) is 10.1 Å². The summed E-state index contributed by atoms with van der Waals surface area (Å²) in [4.78, 5) is 7.25. The smallest absolute Gasteiger partial charge is 0.294 e. The zero-order valence-corrected chi connectivity index (χ0v) is 10.8. The summed E-state index contributed by atoms with van der Waals surface area (Å²) in [5, 5.41) is 0. The second-order valence-electron chi connectivity index (χ2n) is 3.58. The molecule has 0 saturated carbocycles. The van der Waals surface area contributed by atoms with E-state index in [4.69, 9.17) is 4.55 Å². The van der Waals surface area contributed by atoms with Crippen molar-refractivity contribution in [3.63, 3.8) is 0 Å². The third kappa shape index (κ3) is 2.80. The molecule has 7 heteroatoms. The quantitative estimate of drug-likeness (QED) is 0.828. The Morgan fingerprint density at radius 1 is 1.47 bits per heavy atom. The number of rotatable bonds is 4. The van der Waals surface area contributed by atoms with Gasteiger partial charge in [-0.25, -0.2) is 4.98 Å². The fourth-order valence-corrected chi connectivity index (χ4v) is 2.42. The van der Waals surface area contributed by atoms with Gasteiger partial charge in [-0.3, -0.25) is 4.55 Å². The molecule has 17 heavy (non-hydrogen) atoms. The Hall–Kier alpha value is -1.05. The Morgan fingerprint density at radius 2 is 2.24 bits per heavy atom. The van der Waals surface area contributed by atoms with Gasteiger partial charge in [0.1, 0.15) is 5.82 Å². The van der Waals surface area contributed by atoms with Crippen LogP contribution in [-0.2, 0) is 16.5 Å². The molecule has 0 aliphatic heterocycles.